The normalized spacial score (nSPS) is 32.1. The van der Waals surface area contributed by atoms with E-state index in [0.29, 0.717) is 6.54 Å². The molecule has 1 aliphatic rings. The molecule has 86 valence electrons. The molecule has 14 heavy (non-hydrogen) atoms. The van der Waals surface area contributed by atoms with E-state index in [0.717, 1.165) is 0 Å². The standard InChI is InChI=1S/C8H14F3NO.ClH/c1-5-4-12-7(2,3)6(13-5)8(9,10)11;/h5-6,12H,4H2,1-3H3;1H. The van der Waals surface area contributed by atoms with Crippen molar-refractivity contribution in [1.82, 2.24) is 5.32 Å². The van der Waals surface area contributed by atoms with Gasteiger partial charge >= 0.3 is 6.18 Å². The van der Waals surface area contributed by atoms with E-state index in [4.69, 9.17) is 4.74 Å². The Morgan fingerprint density at radius 2 is 1.86 bits per heavy atom. The molecule has 1 aliphatic heterocycles. The number of hydrogen-bond acceptors (Lipinski definition) is 2. The van der Waals surface area contributed by atoms with Crippen LogP contribution in [0.15, 0.2) is 0 Å². The summed E-state index contributed by atoms with van der Waals surface area (Å²) in [5.41, 5.74) is -1.04. The van der Waals surface area contributed by atoms with Crippen molar-refractivity contribution >= 4 is 12.4 Å². The molecule has 2 unspecified atom stereocenters. The molecule has 2 nitrogen and oxygen atoms in total. The topological polar surface area (TPSA) is 21.3 Å². The van der Waals surface area contributed by atoms with Gasteiger partial charge in [0.15, 0.2) is 6.10 Å². The van der Waals surface area contributed by atoms with Crippen LogP contribution in [-0.4, -0.2) is 30.5 Å². The predicted octanol–water partition coefficient (Wildman–Crippen LogP) is 2.13. The van der Waals surface area contributed by atoms with Gasteiger partial charge in [0.2, 0.25) is 0 Å². The number of nitrogens with one attached hydrogen (secondary N) is 1. The molecule has 1 N–H and O–H groups in total. The van der Waals surface area contributed by atoms with Gasteiger partial charge in [-0.05, 0) is 20.8 Å². The van der Waals surface area contributed by atoms with Crippen molar-refractivity contribution in [3.63, 3.8) is 0 Å². The van der Waals surface area contributed by atoms with Gasteiger partial charge in [0.1, 0.15) is 0 Å². The van der Waals surface area contributed by atoms with Crippen molar-refractivity contribution < 1.29 is 17.9 Å². The average Bonchev–Trinajstić information content (AvgIpc) is 1.92. The van der Waals surface area contributed by atoms with Gasteiger partial charge in [0, 0.05) is 12.1 Å². The first-order valence-corrected chi connectivity index (χ1v) is 4.20. The third-order valence-electron chi connectivity index (χ3n) is 2.17. The van der Waals surface area contributed by atoms with E-state index in [1.165, 1.54) is 13.8 Å². The van der Waals surface area contributed by atoms with Crippen LogP contribution in [0.2, 0.25) is 0 Å². The minimum atomic E-state index is -4.30. The van der Waals surface area contributed by atoms with E-state index >= 15 is 0 Å². The highest BCUT2D eigenvalue weighted by atomic mass is 35.5. The molecule has 0 saturated carbocycles. The van der Waals surface area contributed by atoms with Crippen molar-refractivity contribution in [2.45, 2.75) is 44.7 Å². The van der Waals surface area contributed by atoms with Gasteiger partial charge in [0.25, 0.3) is 0 Å². The molecule has 0 spiro atoms. The molecular weight excluding hydrogens is 219 g/mol. The zero-order valence-corrected chi connectivity index (χ0v) is 9.13. The van der Waals surface area contributed by atoms with Crippen LogP contribution in [0.4, 0.5) is 13.2 Å². The monoisotopic (exact) mass is 233 g/mol. The number of halogens is 4. The molecule has 0 amide bonds. The van der Waals surface area contributed by atoms with Crippen LogP contribution in [0.5, 0.6) is 0 Å². The summed E-state index contributed by atoms with van der Waals surface area (Å²) in [6.07, 6.45) is -6.41. The maximum Gasteiger partial charge on any atom is 0.416 e. The first-order chi connectivity index (χ1) is 5.73. The van der Waals surface area contributed by atoms with Crippen LogP contribution in [-0.2, 0) is 4.74 Å². The smallest absolute Gasteiger partial charge is 0.363 e. The first kappa shape index (κ1) is 14.0. The molecule has 0 aromatic heterocycles. The third kappa shape index (κ3) is 3.00. The SMILES string of the molecule is CC1CNC(C)(C)C(C(F)(F)F)O1.Cl. The number of hydrogen-bond donors (Lipinski definition) is 1. The van der Waals surface area contributed by atoms with Gasteiger partial charge < -0.3 is 10.1 Å². The lowest BCUT2D eigenvalue weighted by Gasteiger charge is -2.42. The highest BCUT2D eigenvalue weighted by molar-refractivity contribution is 5.85. The van der Waals surface area contributed by atoms with E-state index in [2.05, 4.69) is 5.32 Å². The summed E-state index contributed by atoms with van der Waals surface area (Å²) in [6, 6.07) is 0. The molecule has 0 bridgehead atoms. The van der Waals surface area contributed by atoms with E-state index in [-0.39, 0.29) is 18.5 Å². The molecule has 0 radical (unpaired) electrons. The predicted molar refractivity (Wildman–Crippen MR) is 49.7 cm³/mol. The maximum absolute atomic E-state index is 12.4. The zero-order chi connectivity index (χ0) is 10.3. The molecule has 6 heteroatoms. The Morgan fingerprint density at radius 3 is 2.21 bits per heavy atom. The van der Waals surface area contributed by atoms with E-state index in [1.54, 1.807) is 6.92 Å². The van der Waals surface area contributed by atoms with Crippen molar-refractivity contribution in [3.05, 3.63) is 0 Å². The summed E-state index contributed by atoms with van der Waals surface area (Å²) < 4.78 is 42.2. The summed E-state index contributed by atoms with van der Waals surface area (Å²) >= 11 is 0. The lowest BCUT2D eigenvalue weighted by molar-refractivity contribution is -0.262. The minimum absolute atomic E-state index is 0. The summed E-state index contributed by atoms with van der Waals surface area (Å²) in [7, 11) is 0. The second kappa shape index (κ2) is 4.24. The average molecular weight is 234 g/mol. The van der Waals surface area contributed by atoms with E-state index < -0.39 is 17.8 Å². The van der Waals surface area contributed by atoms with E-state index in [9.17, 15) is 13.2 Å². The van der Waals surface area contributed by atoms with Crippen LogP contribution in [0.1, 0.15) is 20.8 Å². The molecule has 1 fully saturated rings. The summed E-state index contributed by atoms with van der Waals surface area (Å²) in [5.74, 6) is 0. The number of alkyl halides is 3. The first-order valence-electron chi connectivity index (χ1n) is 4.20. The number of ether oxygens (including phenoxy) is 1. The number of rotatable bonds is 0. The van der Waals surface area contributed by atoms with Gasteiger partial charge in [-0.2, -0.15) is 13.2 Å². The maximum atomic E-state index is 12.4. The molecule has 2 atom stereocenters. The fraction of sp³-hybridized carbons (Fsp3) is 1.00. The molecule has 0 aromatic carbocycles. The van der Waals surface area contributed by atoms with Crippen molar-refractivity contribution in [2.75, 3.05) is 6.54 Å². The van der Waals surface area contributed by atoms with Gasteiger partial charge in [-0.3, -0.25) is 0 Å². The molecular formula is C8H15ClF3NO. The quantitative estimate of drug-likeness (QED) is 0.692. The fourth-order valence-corrected chi connectivity index (χ4v) is 1.44. The lowest BCUT2D eigenvalue weighted by Crippen LogP contribution is -2.63. The second-order valence-electron chi connectivity index (χ2n) is 3.97. The van der Waals surface area contributed by atoms with Crippen LogP contribution in [0.25, 0.3) is 0 Å². The van der Waals surface area contributed by atoms with Crippen molar-refractivity contribution in [3.8, 4) is 0 Å². The van der Waals surface area contributed by atoms with Gasteiger partial charge in [-0.1, -0.05) is 0 Å². The van der Waals surface area contributed by atoms with Crippen LogP contribution < -0.4 is 5.32 Å². The Bertz CT molecular complexity index is 196. The largest absolute Gasteiger partial charge is 0.416 e. The fourth-order valence-electron chi connectivity index (χ4n) is 1.44. The molecule has 0 aromatic rings. The van der Waals surface area contributed by atoms with E-state index in [1.807, 2.05) is 0 Å². The Balaban J connectivity index is 0.00000169. The van der Waals surface area contributed by atoms with Gasteiger partial charge in [-0.15, -0.1) is 12.4 Å². The Kier molecular flexibility index (Phi) is 4.24. The molecule has 1 heterocycles. The lowest BCUT2D eigenvalue weighted by atomic mass is 9.94. The van der Waals surface area contributed by atoms with Crippen molar-refractivity contribution in [1.29, 1.82) is 0 Å². The summed E-state index contributed by atoms with van der Waals surface area (Å²) in [6.45, 7) is 5.08. The highest BCUT2D eigenvalue weighted by Crippen LogP contribution is 2.33. The molecule has 0 aliphatic carbocycles. The number of morpholine rings is 1. The Hall–Kier alpha value is 0. The Morgan fingerprint density at radius 1 is 1.36 bits per heavy atom. The van der Waals surface area contributed by atoms with Crippen LogP contribution in [0.3, 0.4) is 0 Å². The molecule has 1 rings (SSSR count). The van der Waals surface area contributed by atoms with Crippen LogP contribution in [0, 0.1) is 0 Å². The van der Waals surface area contributed by atoms with Crippen molar-refractivity contribution in [2.24, 2.45) is 0 Å². The van der Waals surface area contributed by atoms with Gasteiger partial charge in [0.05, 0.1) is 6.10 Å². The minimum Gasteiger partial charge on any atom is -0.363 e. The van der Waals surface area contributed by atoms with Gasteiger partial charge in [-0.25, -0.2) is 0 Å². The Labute approximate surface area is 87.6 Å². The third-order valence-corrected chi connectivity index (χ3v) is 2.17. The highest BCUT2D eigenvalue weighted by Gasteiger charge is 2.52. The summed E-state index contributed by atoms with van der Waals surface area (Å²) in [4.78, 5) is 0. The molecule has 1 saturated heterocycles. The zero-order valence-electron chi connectivity index (χ0n) is 8.31. The second-order valence-corrected chi connectivity index (χ2v) is 3.97. The summed E-state index contributed by atoms with van der Waals surface area (Å²) in [5, 5.41) is 2.82. The van der Waals surface area contributed by atoms with Crippen LogP contribution >= 0.6 is 12.4 Å².